The lowest BCUT2D eigenvalue weighted by atomic mass is 9.82. The molecule has 9 nitrogen and oxygen atoms in total. The molecule has 2 heterocycles. The van der Waals surface area contributed by atoms with Crippen molar-refractivity contribution < 1.29 is 14.4 Å². The Balaban J connectivity index is 1.40. The van der Waals surface area contributed by atoms with Gasteiger partial charge < -0.3 is 20.5 Å². The van der Waals surface area contributed by atoms with Gasteiger partial charge in [-0.25, -0.2) is 4.98 Å². The molecule has 9 heteroatoms. The minimum Gasteiger partial charge on any atom is -0.368 e. The van der Waals surface area contributed by atoms with Gasteiger partial charge in [0.2, 0.25) is 11.8 Å². The predicted octanol–water partition coefficient (Wildman–Crippen LogP) is 1.08. The van der Waals surface area contributed by atoms with Gasteiger partial charge >= 0.3 is 0 Å². The standard InChI is InChI=1S/C24H32N6O3/c1-28-12-11-26-22(28)24(33)30-15-13-29(14-16-30)19-10-6-5-9-18(19)23(32)27-20(21(25)31)17-7-3-2-4-8-17/h2-4,7-8,11-12,18-20H,5-6,9-10,13-16H2,1H3,(H2,25,31)(H,27,32)/t18-,19-,20+/m1/s1. The second-order valence-electron chi connectivity index (χ2n) is 8.90. The van der Waals surface area contributed by atoms with Crippen LogP contribution >= 0.6 is 0 Å². The van der Waals surface area contributed by atoms with Crippen LogP contribution < -0.4 is 11.1 Å². The van der Waals surface area contributed by atoms with Crippen molar-refractivity contribution in [3.8, 4) is 0 Å². The minimum atomic E-state index is -0.839. The largest absolute Gasteiger partial charge is 0.368 e. The Morgan fingerprint density at radius 2 is 1.76 bits per heavy atom. The van der Waals surface area contributed by atoms with E-state index < -0.39 is 11.9 Å². The number of aryl methyl sites for hydroxylation is 1. The summed E-state index contributed by atoms with van der Waals surface area (Å²) in [5.74, 6) is -0.521. The molecule has 1 saturated heterocycles. The number of benzene rings is 1. The van der Waals surface area contributed by atoms with Gasteiger partial charge in [0, 0.05) is 51.7 Å². The van der Waals surface area contributed by atoms with Gasteiger partial charge in [-0.2, -0.15) is 0 Å². The number of carbonyl (C=O) groups excluding carboxylic acids is 3. The van der Waals surface area contributed by atoms with E-state index in [0.717, 1.165) is 25.7 Å². The lowest BCUT2D eigenvalue weighted by Gasteiger charge is -2.43. The number of primary amides is 1. The van der Waals surface area contributed by atoms with Crippen molar-refractivity contribution in [3.05, 3.63) is 54.1 Å². The number of hydrogen-bond donors (Lipinski definition) is 2. The Hall–Kier alpha value is -3.20. The monoisotopic (exact) mass is 452 g/mol. The first-order valence-corrected chi connectivity index (χ1v) is 11.6. The summed E-state index contributed by atoms with van der Waals surface area (Å²) in [5.41, 5.74) is 6.30. The maximum atomic E-state index is 13.3. The van der Waals surface area contributed by atoms with Crippen LogP contribution in [-0.4, -0.2) is 69.3 Å². The zero-order valence-electron chi connectivity index (χ0n) is 19.0. The van der Waals surface area contributed by atoms with E-state index in [9.17, 15) is 14.4 Å². The van der Waals surface area contributed by atoms with Gasteiger partial charge in [-0.3, -0.25) is 19.3 Å². The smallest absolute Gasteiger partial charge is 0.289 e. The molecule has 4 rings (SSSR count). The maximum Gasteiger partial charge on any atom is 0.289 e. The van der Waals surface area contributed by atoms with Crippen LogP contribution in [0.4, 0.5) is 0 Å². The number of imidazole rings is 1. The van der Waals surface area contributed by atoms with E-state index in [-0.39, 0.29) is 23.8 Å². The second-order valence-corrected chi connectivity index (χ2v) is 8.90. The molecule has 3 N–H and O–H groups in total. The van der Waals surface area contributed by atoms with Crippen molar-refractivity contribution in [1.29, 1.82) is 0 Å². The van der Waals surface area contributed by atoms with Crippen LogP contribution in [0.3, 0.4) is 0 Å². The molecule has 0 radical (unpaired) electrons. The van der Waals surface area contributed by atoms with Crippen molar-refractivity contribution in [2.24, 2.45) is 18.7 Å². The van der Waals surface area contributed by atoms with Crippen molar-refractivity contribution in [2.75, 3.05) is 26.2 Å². The van der Waals surface area contributed by atoms with Crippen LogP contribution in [0.15, 0.2) is 42.7 Å². The van der Waals surface area contributed by atoms with E-state index in [4.69, 9.17) is 5.73 Å². The molecule has 3 amide bonds. The van der Waals surface area contributed by atoms with Gasteiger partial charge in [-0.05, 0) is 18.4 Å². The summed E-state index contributed by atoms with van der Waals surface area (Å²) in [7, 11) is 1.82. The summed E-state index contributed by atoms with van der Waals surface area (Å²) in [6.07, 6.45) is 7.16. The molecule has 2 aromatic rings. The number of nitrogens with zero attached hydrogens (tertiary/aromatic N) is 4. The molecule has 1 aromatic heterocycles. The number of hydrogen-bond acceptors (Lipinski definition) is 5. The fourth-order valence-corrected chi connectivity index (χ4v) is 5.04. The Labute approximate surface area is 193 Å². The normalized spacial score (nSPS) is 22.5. The van der Waals surface area contributed by atoms with Crippen molar-refractivity contribution in [2.45, 2.75) is 37.8 Å². The number of rotatable bonds is 6. The highest BCUT2D eigenvalue weighted by molar-refractivity contribution is 5.91. The van der Waals surface area contributed by atoms with Gasteiger partial charge in [-0.1, -0.05) is 43.2 Å². The summed E-state index contributed by atoms with van der Waals surface area (Å²) in [6, 6.07) is 8.36. The summed E-state index contributed by atoms with van der Waals surface area (Å²) >= 11 is 0. The zero-order valence-corrected chi connectivity index (χ0v) is 19.0. The molecular weight excluding hydrogens is 420 g/mol. The van der Waals surface area contributed by atoms with Gasteiger partial charge in [0.25, 0.3) is 5.91 Å². The number of piperazine rings is 1. The summed E-state index contributed by atoms with van der Waals surface area (Å²) in [6.45, 7) is 2.63. The van der Waals surface area contributed by atoms with E-state index in [1.807, 2.05) is 30.1 Å². The molecule has 2 fully saturated rings. The van der Waals surface area contributed by atoms with Crippen LogP contribution in [0.1, 0.15) is 47.9 Å². The van der Waals surface area contributed by atoms with Gasteiger partial charge in [0.15, 0.2) is 5.82 Å². The SMILES string of the molecule is Cn1ccnc1C(=O)N1CCN([C@@H]2CCCC[C@H]2C(=O)N[C@H](C(N)=O)c2ccccc2)CC1. The maximum absolute atomic E-state index is 13.3. The molecule has 0 spiro atoms. The number of nitrogens with one attached hydrogen (secondary N) is 1. The first-order valence-electron chi connectivity index (χ1n) is 11.6. The zero-order chi connectivity index (χ0) is 23.4. The third-order valence-electron chi connectivity index (χ3n) is 6.85. The molecule has 1 aliphatic heterocycles. The summed E-state index contributed by atoms with van der Waals surface area (Å²) in [4.78, 5) is 46.5. The minimum absolute atomic E-state index is 0.0627. The Kier molecular flexibility index (Phi) is 7.08. The first-order chi connectivity index (χ1) is 16.0. The van der Waals surface area contributed by atoms with Gasteiger partial charge in [0.1, 0.15) is 6.04 Å². The molecule has 33 heavy (non-hydrogen) atoms. The van der Waals surface area contributed by atoms with Gasteiger partial charge in [0.05, 0.1) is 5.92 Å². The van der Waals surface area contributed by atoms with Gasteiger partial charge in [-0.15, -0.1) is 0 Å². The fourth-order valence-electron chi connectivity index (χ4n) is 5.04. The number of aromatic nitrogens is 2. The number of carbonyl (C=O) groups is 3. The van der Waals surface area contributed by atoms with E-state index in [1.165, 1.54) is 0 Å². The Morgan fingerprint density at radius 1 is 1.06 bits per heavy atom. The molecule has 1 saturated carbocycles. The fraction of sp³-hybridized carbons (Fsp3) is 0.500. The summed E-state index contributed by atoms with van der Waals surface area (Å²) in [5, 5.41) is 2.91. The third-order valence-corrected chi connectivity index (χ3v) is 6.85. The predicted molar refractivity (Wildman–Crippen MR) is 123 cm³/mol. The Morgan fingerprint density at radius 3 is 2.39 bits per heavy atom. The van der Waals surface area contributed by atoms with Crippen LogP contribution in [0.2, 0.25) is 0 Å². The second kappa shape index (κ2) is 10.2. The third kappa shape index (κ3) is 5.08. The van der Waals surface area contributed by atoms with E-state index >= 15 is 0 Å². The number of nitrogens with two attached hydrogens (primary N) is 1. The highest BCUT2D eigenvalue weighted by atomic mass is 16.2. The molecule has 1 aromatic carbocycles. The average Bonchev–Trinajstić information content (AvgIpc) is 3.28. The highest BCUT2D eigenvalue weighted by Crippen LogP contribution is 2.30. The summed E-state index contributed by atoms with van der Waals surface area (Å²) < 4.78 is 1.73. The van der Waals surface area contributed by atoms with E-state index in [0.29, 0.717) is 37.6 Å². The average molecular weight is 453 g/mol. The first kappa shape index (κ1) is 23.0. The van der Waals surface area contributed by atoms with Crippen LogP contribution in [0, 0.1) is 5.92 Å². The Bertz CT molecular complexity index is 983. The van der Waals surface area contributed by atoms with E-state index in [2.05, 4.69) is 15.2 Å². The van der Waals surface area contributed by atoms with Crippen LogP contribution in [0.5, 0.6) is 0 Å². The molecular formula is C24H32N6O3. The topological polar surface area (TPSA) is 114 Å². The molecule has 2 aliphatic rings. The molecule has 0 unspecified atom stereocenters. The van der Waals surface area contributed by atoms with E-state index in [1.54, 1.807) is 29.1 Å². The van der Waals surface area contributed by atoms with Crippen molar-refractivity contribution in [3.63, 3.8) is 0 Å². The molecule has 0 bridgehead atoms. The lowest BCUT2D eigenvalue weighted by Crippen LogP contribution is -2.56. The van der Waals surface area contributed by atoms with Crippen LogP contribution in [0.25, 0.3) is 0 Å². The van der Waals surface area contributed by atoms with Crippen molar-refractivity contribution >= 4 is 17.7 Å². The quantitative estimate of drug-likeness (QED) is 0.681. The lowest BCUT2D eigenvalue weighted by molar-refractivity contribution is -0.133. The number of amides is 3. The van der Waals surface area contributed by atoms with Crippen LogP contribution in [-0.2, 0) is 16.6 Å². The molecule has 1 aliphatic carbocycles. The highest BCUT2D eigenvalue weighted by Gasteiger charge is 2.38. The molecule has 176 valence electrons. The van der Waals surface area contributed by atoms with Crippen molar-refractivity contribution in [1.82, 2.24) is 24.7 Å². The molecule has 3 atom stereocenters.